The molecule has 0 amide bonds. The van der Waals surface area contributed by atoms with Crippen molar-refractivity contribution in [1.29, 1.82) is 0 Å². The van der Waals surface area contributed by atoms with E-state index in [1.807, 2.05) is 19.1 Å². The first kappa shape index (κ1) is 22.6. The molecule has 30 heavy (non-hydrogen) atoms. The number of hydrogen-bond acceptors (Lipinski definition) is 4. The van der Waals surface area contributed by atoms with Crippen LogP contribution in [-0.4, -0.2) is 11.9 Å². The van der Waals surface area contributed by atoms with E-state index in [1.165, 1.54) is 25.7 Å². The molecule has 0 unspecified atom stereocenters. The van der Waals surface area contributed by atoms with Gasteiger partial charge in [0.2, 0.25) is 0 Å². The molecule has 0 saturated heterocycles. The zero-order chi connectivity index (χ0) is 21.7. The average Bonchev–Trinajstić information content (AvgIpc) is 2.74. The van der Waals surface area contributed by atoms with E-state index in [4.69, 9.17) is 9.47 Å². The Balaban J connectivity index is 1.48. The fraction of sp³-hybridized carbons (Fsp3) is 0.615. The number of hydrogen-bond donors (Lipinski definition) is 0. The van der Waals surface area contributed by atoms with E-state index in [-0.39, 0.29) is 18.5 Å². The predicted octanol–water partition coefficient (Wildman–Crippen LogP) is 6.15. The van der Waals surface area contributed by atoms with Crippen LogP contribution in [0.4, 0.5) is 0 Å². The lowest BCUT2D eigenvalue weighted by molar-refractivity contribution is -0.141. The van der Waals surface area contributed by atoms with Gasteiger partial charge in [0.1, 0.15) is 12.4 Å². The molecule has 0 aliphatic heterocycles. The Morgan fingerprint density at radius 3 is 2.17 bits per heavy atom. The van der Waals surface area contributed by atoms with Gasteiger partial charge in [0.05, 0.1) is 5.92 Å². The molecule has 4 nitrogen and oxygen atoms in total. The highest BCUT2D eigenvalue weighted by Crippen LogP contribution is 2.41. The number of esters is 2. The van der Waals surface area contributed by atoms with Crippen LogP contribution in [0.25, 0.3) is 0 Å². The summed E-state index contributed by atoms with van der Waals surface area (Å²) in [7, 11) is 0. The highest BCUT2D eigenvalue weighted by Gasteiger charge is 2.33. The minimum Gasteiger partial charge on any atom is -0.457 e. The molecular weight excluding hydrogens is 376 g/mol. The zero-order valence-corrected chi connectivity index (χ0v) is 18.7. The molecule has 1 aromatic rings. The van der Waals surface area contributed by atoms with Crippen molar-refractivity contribution < 1.29 is 19.1 Å². The Morgan fingerprint density at radius 1 is 1.00 bits per heavy atom. The first-order valence-electron chi connectivity index (χ1n) is 11.5. The third-order valence-corrected chi connectivity index (χ3v) is 7.00. The molecule has 0 heterocycles. The van der Waals surface area contributed by atoms with E-state index in [0.717, 1.165) is 54.6 Å². The van der Waals surface area contributed by atoms with E-state index in [9.17, 15) is 9.59 Å². The second-order valence-electron chi connectivity index (χ2n) is 9.51. The molecule has 3 rings (SSSR count). The molecule has 0 bridgehead atoms. The number of carbonyl (C=O) groups excluding carboxylic acids is 2. The highest BCUT2D eigenvalue weighted by atomic mass is 16.5. The fourth-order valence-corrected chi connectivity index (χ4v) is 4.96. The van der Waals surface area contributed by atoms with Crippen LogP contribution in [0.5, 0.6) is 5.75 Å². The van der Waals surface area contributed by atoms with Crippen molar-refractivity contribution in [1.82, 2.24) is 0 Å². The van der Waals surface area contributed by atoms with E-state index >= 15 is 0 Å². The van der Waals surface area contributed by atoms with Gasteiger partial charge < -0.3 is 9.47 Å². The van der Waals surface area contributed by atoms with E-state index in [1.54, 1.807) is 13.0 Å². The third kappa shape index (κ3) is 5.96. The summed E-state index contributed by atoms with van der Waals surface area (Å²) in [6.45, 7) is 9.67. The van der Waals surface area contributed by atoms with Gasteiger partial charge in [-0.05, 0) is 93.4 Å². The number of ether oxygens (including phenoxy) is 2. The lowest BCUT2D eigenvalue weighted by Gasteiger charge is -2.36. The van der Waals surface area contributed by atoms with Crippen molar-refractivity contribution in [3.05, 3.63) is 41.5 Å². The van der Waals surface area contributed by atoms with Crippen LogP contribution < -0.4 is 4.74 Å². The van der Waals surface area contributed by atoms with Gasteiger partial charge in [0.25, 0.3) is 0 Å². The summed E-state index contributed by atoms with van der Waals surface area (Å²) in [6, 6.07) is 5.53. The normalized spacial score (nSPS) is 26.6. The topological polar surface area (TPSA) is 52.6 Å². The zero-order valence-electron chi connectivity index (χ0n) is 18.7. The van der Waals surface area contributed by atoms with Crippen molar-refractivity contribution in [3.8, 4) is 5.75 Å². The molecule has 1 aromatic carbocycles. The fourth-order valence-electron chi connectivity index (χ4n) is 4.96. The molecule has 0 radical (unpaired) electrons. The summed E-state index contributed by atoms with van der Waals surface area (Å²) in [5.74, 6) is 2.66. The highest BCUT2D eigenvalue weighted by molar-refractivity contribution is 5.86. The van der Waals surface area contributed by atoms with Gasteiger partial charge in [-0.25, -0.2) is 4.79 Å². The maximum absolute atomic E-state index is 12.7. The van der Waals surface area contributed by atoms with Crippen LogP contribution in [0.15, 0.2) is 30.4 Å². The van der Waals surface area contributed by atoms with Gasteiger partial charge in [0.15, 0.2) is 0 Å². The number of benzene rings is 1. The van der Waals surface area contributed by atoms with Crippen molar-refractivity contribution >= 4 is 11.9 Å². The van der Waals surface area contributed by atoms with Crippen LogP contribution in [-0.2, 0) is 20.9 Å². The van der Waals surface area contributed by atoms with Gasteiger partial charge in [0, 0.05) is 5.57 Å². The molecule has 4 heteroatoms. The van der Waals surface area contributed by atoms with Gasteiger partial charge >= 0.3 is 11.9 Å². The summed E-state index contributed by atoms with van der Waals surface area (Å²) >= 11 is 0. The molecule has 0 N–H and O–H groups in total. The Bertz CT molecular complexity index is 765. The summed E-state index contributed by atoms with van der Waals surface area (Å²) in [5, 5.41) is 0. The van der Waals surface area contributed by atoms with Gasteiger partial charge in [-0.2, -0.15) is 0 Å². The summed E-state index contributed by atoms with van der Waals surface area (Å²) in [6.07, 6.45) is 9.69. The maximum atomic E-state index is 12.7. The molecule has 2 fully saturated rings. The molecule has 2 saturated carbocycles. The van der Waals surface area contributed by atoms with Crippen LogP contribution in [0, 0.1) is 30.6 Å². The standard InChI is InChI=1S/C26H36O4/c1-17(2)25(27)29-16-20-7-14-24(19(4)15-20)30-26(28)23-12-10-22(11-13-23)21-8-5-18(3)6-9-21/h7,14-15,18,21-23H,1,5-6,8-13,16H2,2-4H3. The largest absolute Gasteiger partial charge is 0.457 e. The molecule has 0 atom stereocenters. The Hall–Kier alpha value is -2.10. The van der Waals surface area contributed by atoms with E-state index in [0.29, 0.717) is 11.3 Å². The van der Waals surface area contributed by atoms with Crippen molar-refractivity contribution in [2.75, 3.05) is 0 Å². The average molecular weight is 413 g/mol. The molecule has 2 aliphatic rings. The third-order valence-electron chi connectivity index (χ3n) is 7.00. The number of carbonyl (C=O) groups is 2. The smallest absolute Gasteiger partial charge is 0.333 e. The Labute approximate surface area is 181 Å². The molecule has 0 spiro atoms. The SMILES string of the molecule is C=C(C)C(=O)OCc1ccc(OC(=O)C2CCC(C3CCC(C)CC3)CC2)c(C)c1. The lowest BCUT2D eigenvalue weighted by atomic mass is 9.69. The van der Waals surface area contributed by atoms with Gasteiger partial charge in [-0.3, -0.25) is 4.79 Å². The first-order valence-corrected chi connectivity index (χ1v) is 11.5. The van der Waals surface area contributed by atoms with E-state index < -0.39 is 5.97 Å². The minimum absolute atomic E-state index is 0.0133. The Kier molecular flexibility index (Phi) is 7.74. The number of aryl methyl sites for hydroxylation is 1. The van der Waals surface area contributed by atoms with Crippen molar-refractivity contribution in [3.63, 3.8) is 0 Å². The number of rotatable bonds is 6. The lowest BCUT2D eigenvalue weighted by Crippen LogP contribution is -2.30. The van der Waals surface area contributed by atoms with Gasteiger partial charge in [-0.1, -0.05) is 32.4 Å². The van der Waals surface area contributed by atoms with Crippen LogP contribution >= 0.6 is 0 Å². The second-order valence-corrected chi connectivity index (χ2v) is 9.51. The molecular formula is C26H36O4. The van der Waals surface area contributed by atoms with Crippen LogP contribution in [0.2, 0.25) is 0 Å². The maximum Gasteiger partial charge on any atom is 0.333 e. The van der Waals surface area contributed by atoms with Crippen molar-refractivity contribution in [2.45, 2.75) is 78.7 Å². The quantitative estimate of drug-likeness (QED) is 0.319. The van der Waals surface area contributed by atoms with Gasteiger partial charge in [-0.15, -0.1) is 0 Å². The summed E-state index contributed by atoms with van der Waals surface area (Å²) in [4.78, 5) is 24.3. The monoisotopic (exact) mass is 412 g/mol. The first-order chi connectivity index (χ1) is 14.3. The van der Waals surface area contributed by atoms with Crippen LogP contribution in [0.1, 0.15) is 76.3 Å². The molecule has 164 valence electrons. The van der Waals surface area contributed by atoms with Crippen molar-refractivity contribution in [2.24, 2.45) is 23.7 Å². The predicted molar refractivity (Wildman–Crippen MR) is 118 cm³/mol. The van der Waals surface area contributed by atoms with E-state index in [2.05, 4.69) is 13.5 Å². The summed E-state index contributed by atoms with van der Waals surface area (Å²) in [5.41, 5.74) is 2.12. The summed E-state index contributed by atoms with van der Waals surface area (Å²) < 4.78 is 10.9. The van der Waals surface area contributed by atoms with Crippen LogP contribution in [0.3, 0.4) is 0 Å². The Morgan fingerprint density at radius 2 is 1.60 bits per heavy atom. The second kappa shape index (κ2) is 10.3. The minimum atomic E-state index is -0.401. The molecule has 0 aromatic heterocycles. The molecule has 2 aliphatic carbocycles.